The van der Waals surface area contributed by atoms with E-state index in [1.807, 2.05) is 6.07 Å². The van der Waals surface area contributed by atoms with Crippen LogP contribution in [0.2, 0.25) is 0 Å². The van der Waals surface area contributed by atoms with E-state index in [0.717, 1.165) is 19.8 Å². The van der Waals surface area contributed by atoms with Gasteiger partial charge in [0.2, 0.25) is 0 Å². The maximum absolute atomic E-state index is 11.6. The van der Waals surface area contributed by atoms with Crippen molar-refractivity contribution in [2.24, 2.45) is 0 Å². The fourth-order valence-electron chi connectivity index (χ4n) is 1.34. The topological polar surface area (TPSA) is 82.1 Å². The quantitative estimate of drug-likeness (QED) is 0.615. The van der Waals surface area contributed by atoms with Gasteiger partial charge in [0, 0.05) is 0 Å². The highest BCUT2D eigenvalue weighted by molar-refractivity contribution is 5.91. The summed E-state index contributed by atoms with van der Waals surface area (Å²) in [7, 11) is 2.18. The SMILES string of the molecule is COC(=O)N(CC(=O)OCc1ccccc1)C(=O)OC. The second kappa shape index (κ2) is 7.78. The van der Waals surface area contributed by atoms with Gasteiger partial charge in [-0.05, 0) is 5.56 Å². The van der Waals surface area contributed by atoms with Gasteiger partial charge in [0.25, 0.3) is 0 Å². The summed E-state index contributed by atoms with van der Waals surface area (Å²) in [6.07, 6.45) is -1.98. The van der Waals surface area contributed by atoms with Gasteiger partial charge in [0.15, 0.2) is 0 Å². The lowest BCUT2D eigenvalue weighted by molar-refractivity contribution is -0.145. The summed E-state index contributed by atoms with van der Waals surface area (Å²) in [5, 5.41) is 0. The summed E-state index contributed by atoms with van der Waals surface area (Å²) in [6, 6.07) is 9.01. The first-order valence-corrected chi connectivity index (χ1v) is 5.71. The monoisotopic (exact) mass is 281 g/mol. The number of amides is 2. The number of imide groups is 1. The van der Waals surface area contributed by atoms with Gasteiger partial charge in [0.05, 0.1) is 14.2 Å². The normalized spacial score (nSPS) is 9.50. The predicted molar refractivity (Wildman–Crippen MR) is 67.8 cm³/mol. The average molecular weight is 281 g/mol. The number of ether oxygens (including phenoxy) is 3. The fourth-order valence-corrected chi connectivity index (χ4v) is 1.34. The molecule has 0 atom stereocenters. The molecule has 0 bridgehead atoms. The summed E-state index contributed by atoms with van der Waals surface area (Å²) >= 11 is 0. The van der Waals surface area contributed by atoms with Gasteiger partial charge < -0.3 is 14.2 Å². The Morgan fingerprint density at radius 1 is 1.00 bits per heavy atom. The Morgan fingerprint density at radius 3 is 2.05 bits per heavy atom. The molecule has 0 fully saturated rings. The number of nitrogens with zero attached hydrogens (tertiary/aromatic N) is 1. The zero-order chi connectivity index (χ0) is 15.0. The second-order valence-electron chi connectivity index (χ2n) is 3.67. The lowest BCUT2D eigenvalue weighted by Gasteiger charge is -2.16. The van der Waals surface area contributed by atoms with Crippen molar-refractivity contribution >= 4 is 18.2 Å². The van der Waals surface area contributed by atoms with Crippen LogP contribution in [0, 0.1) is 0 Å². The highest BCUT2D eigenvalue weighted by Gasteiger charge is 2.26. The smallest absolute Gasteiger partial charge is 0.419 e. The van der Waals surface area contributed by atoms with Crippen molar-refractivity contribution in [2.75, 3.05) is 20.8 Å². The van der Waals surface area contributed by atoms with Crippen molar-refractivity contribution in [1.82, 2.24) is 4.90 Å². The molecule has 0 spiro atoms. The Bertz CT molecular complexity index is 457. The number of hydrogen-bond donors (Lipinski definition) is 0. The molecule has 2 amide bonds. The van der Waals surface area contributed by atoms with Crippen molar-refractivity contribution in [3.05, 3.63) is 35.9 Å². The van der Waals surface area contributed by atoms with Crippen LogP contribution in [0.3, 0.4) is 0 Å². The minimum absolute atomic E-state index is 0.0514. The molecule has 0 N–H and O–H groups in total. The minimum Gasteiger partial charge on any atom is -0.459 e. The van der Waals surface area contributed by atoms with E-state index in [-0.39, 0.29) is 6.61 Å². The highest BCUT2D eigenvalue weighted by Crippen LogP contribution is 2.03. The zero-order valence-corrected chi connectivity index (χ0v) is 11.2. The Balaban J connectivity index is 2.54. The van der Waals surface area contributed by atoms with Crippen LogP contribution in [-0.4, -0.2) is 43.8 Å². The summed E-state index contributed by atoms with van der Waals surface area (Å²) in [4.78, 5) is 34.7. The lowest BCUT2D eigenvalue weighted by atomic mass is 10.2. The summed E-state index contributed by atoms with van der Waals surface area (Å²) in [5.74, 6) is -0.746. The van der Waals surface area contributed by atoms with E-state index in [1.54, 1.807) is 24.3 Å². The molecule has 0 saturated heterocycles. The summed E-state index contributed by atoms with van der Waals surface area (Å²) in [6.45, 7) is -0.526. The first-order valence-electron chi connectivity index (χ1n) is 5.71. The van der Waals surface area contributed by atoms with Crippen LogP contribution >= 0.6 is 0 Å². The third kappa shape index (κ3) is 4.60. The van der Waals surface area contributed by atoms with Crippen molar-refractivity contribution in [1.29, 1.82) is 0 Å². The number of methoxy groups -OCH3 is 2. The van der Waals surface area contributed by atoms with E-state index in [2.05, 4.69) is 9.47 Å². The predicted octanol–water partition coefficient (Wildman–Crippen LogP) is 1.56. The molecule has 108 valence electrons. The molecule has 0 aliphatic rings. The van der Waals surface area contributed by atoms with Crippen molar-refractivity contribution < 1.29 is 28.6 Å². The zero-order valence-electron chi connectivity index (χ0n) is 11.2. The molecule has 1 rings (SSSR count). The summed E-state index contributed by atoms with van der Waals surface area (Å²) in [5.41, 5.74) is 0.795. The Morgan fingerprint density at radius 2 is 1.55 bits per heavy atom. The molecule has 0 heterocycles. The molecule has 0 saturated carbocycles. The van der Waals surface area contributed by atoms with Crippen LogP contribution in [0.4, 0.5) is 9.59 Å². The van der Waals surface area contributed by atoms with Gasteiger partial charge >= 0.3 is 18.2 Å². The van der Waals surface area contributed by atoms with Crippen molar-refractivity contribution in [2.45, 2.75) is 6.61 Å². The first kappa shape index (κ1) is 15.5. The van der Waals surface area contributed by atoms with Crippen LogP contribution < -0.4 is 0 Å². The van der Waals surface area contributed by atoms with Crippen molar-refractivity contribution in [3.63, 3.8) is 0 Å². The number of rotatable bonds is 4. The Kier molecular flexibility index (Phi) is 6.02. The van der Waals surface area contributed by atoms with E-state index < -0.39 is 24.7 Å². The third-order valence-corrected chi connectivity index (χ3v) is 2.32. The third-order valence-electron chi connectivity index (χ3n) is 2.32. The fraction of sp³-hybridized carbons (Fsp3) is 0.308. The molecule has 7 heteroatoms. The molecule has 1 aromatic carbocycles. The highest BCUT2D eigenvalue weighted by atomic mass is 16.6. The molecule has 0 aliphatic carbocycles. The molecule has 7 nitrogen and oxygen atoms in total. The molecule has 0 aliphatic heterocycles. The van der Waals surface area contributed by atoms with Gasteiger partial charge in [-0.3, -0.25) is 4.79 Å². The molecule has 0 radical (unpaired) electrons. The molecule has 1 aromatic rings. The number of benzene rings is 1. The molecule has 0 aromatic heterocycles. The van der Waals surface area contributed by atoms with Crippen LogP contribution in [0.15, 0.2) is 30.3 Å². The Labute approximate surface area is 116 Å². The van der Waals surface area contributed by atoms with Crippen LogP contribution in [0.25, 0.3) is 0 Å². The first-order chi connectivity index (χ1) is 9.58. The number of hydrogen-bond acceptors (Lipinski definition) is 6. The van der Waals surface area contributed by atoms with Crippen molar-refractivity contribution in [3.8, 4) is 0 Å². The van der Waals surface area contributed by atoms with Gasteiger partial charge in [0.1, 0.15) is 13.2 Å². The molecule has 20 heavy (non-hydrogen) atoms. The van der Waals surface area contributed by atoms with E-state index in [9.17, 15) is 14.4 Å². The van der Waals surface area contributed by atoms with Gasteiger partial charge in [-0.2, -0.15) is 0 Å². The largest absolute Gasteiger partial charge is 0.459 e. The van der Waals surface area contributed by atoms with E-state index in [0.29, 0.717) is 4.90 Å². The molecular formula is C13H15NO6. The lowest BCUT2D eigenvalue weighted by Crippen LogP contribution is -2.41. The van der Waals surface area contributed by atoms with E-state index >= 15 is 0 Å². The van der Waals surface area contributed by atoms with Gasteiger partial charge in [-0.1, -0.05) is 30.3 Å². The van der Waals surface area contributed by atoms with Crippen LogP contribution in [0.1, 0.15) is 5.56 Å². The molecule has 0 unspecified atom stereocenters. The second-order valence-corrected chi connectivity index (χ2v) is 3.67. The number of carbonyl (C=O) groups is 3. The maximum atomic E-state index is 11.6. The Hall–Kier alpha value is -2.57. The van der Waals surface area contributed by atoms with Gasteiger partial charge in [-0.25, -0.2) is 14.5 Å². The van der Waals surface area contributed by atoms with Crippen LogP contribution in [-0.2, 0) is 25.6 Å². The average Bonchev–Trinajstić information content (AvgIpc) is 2.50. The standard InChI is InChI=1S/C13H15NO6/c1-18-12(16)14(13(17)19-2)8-11(15)20-9-10-6-4-3-5-7-10/h3-7H,8-9H2,1-2H3. The van der Waals surface area contributed by atoms with Crippen LogP contribution in [0.5, 0.6) is 0 Å². The summed E-state index contributed by atoms with van der Waals surface area (Å²) < 4.78 is 13.7. The minimum atomic E-state index is -0.992. The molecular weight excluding hydrogens is 266 g/mol. The van der Waals surface area contributed by atoms with E-state index in [1.165, 1.54) is 0 Å². The maximum Gasteiger partial charge on any atom is 0.419 e. The van der Waals surface area contributed by atoms with E-state index in [4.69, 9.17) is 4.74 Å². The number of carbonyl (C=O) groups excluding carboxylic acids is 3. The number of esters is 1. The van der Waals surface area contributed by atoms with Gasteiger partial charge in [-0.15, -0.1) is 0 Å².